The number of hydrogen-bond donors (Lipinski definition) is 1. The molecule has 8 atom stereocenters. The van der Waals surface area contributed by atoms with E-state index in [1.807, 2.05) is 19.1 Å². The van der Waals surface area contributed by atoms with E-state index in [0.29, 0.717) is 23.7 Å². The van der Waals surface area contributed by atoms with Crippen molar-refractivity contribution in [2.45, 2.75) is 72.8 Å². The zero-order valence-electron chi connectivity index (χ0n) is 20.2. The summed E-state index contributed by atoms with van der Waals surface area (Å²) in [5.74, 6) is 2.09. The van der Waals surface area contributed by atoms with Crippen LogP contribution in [0, 0.1) is 39.9 Å². The molecule has 166 valence electrons. The molecule has 4 aliphatic rings. The summed E-state index contributed by atoms with van der Waals surface area (Å²) in [5, 5.41) is 18.7. The minimum Gasteiger partial charge on any atom is -0.393 e. The molecule has 0 aliphatic heterocycles. The molecule has 3 fully saturated rings. The first kappa shape index (κ1) is 21.9. The third kappa shape index (κ3) is 2.76. The summed E-state index contributed by atoms with van der Waals surface area (Å²) in [7, 11) is 4.06. The van der Waals surface area contributed by atoms with Crippen molar-refractivity contribution in [2.24, 2.45) is 45.0 Å². The van der Waals surface area contributed by atoms with Gasteiger partial charge in [0, 0.05) is 36.6 Å². The molecule has 4 rings (SSSR count). The topological polar surface area (TPSA) is 35.8 Å². The van der Waals surface area contributed by atoms with Crippen molar-refractivity contribution in [2.75, 3.05) is 14.1 Å². The Hall–Kier alpha value is -1.35. The SMILES string of the molecule is C=C1C=C[C@@]2(C)C(=C1)CC[C@@H]1[C@@H]2[C@@H](O)C[C@@]2(C)[C@H]1C[C@@H](C)[C@]2(C)C(CC)=NN(C)C. The smallest absolute Gasteiger partial charge is 0.0588 e. The van der Waals surface area contributed by atoms with Crippen molar-refractivity contribution in [3.8, 4) is 0 Å². The Kier molecular flexibility index (Phi) is 5.16. The van der Waals surface area contributed by atoms with Gasteiger partial charge in [-0.2, -0.15) is 5.10 Å². The maximum atomic E-state index is 11.7. The Morgan fingerprint density at radius 1 is 1.30 bits per heavy atom. The van der Waals surface area contributed by atoms with E-state index in [0.717, 1.165) is 24.8 Å². The Morgan fingerprint density at radius 3 is 2.63 bits per heavy atom. The molecule has 0 aromatic heterocycles. The van der Waals surface area contributed by atoms with E-state index < -0.39 is 0 Å². The molecular formula is C27H42N2O. The third-order valence-corrected chi connectivity index (χ3v) is 10.0. The van der Waals surface area contributed by atoms with Crippen LogP contribution in [0.2, 0.25) is 0 Å². The van der Waals surface area contributed by atoms with E-state index in [-0.39, 0.29) is 22.3 Å². The molecule has 3 heteroatoms. The van der Waals surface area contributed by atoms with Gasteiger partial charge in [-0.25, -0.2) is 0 Å². The zero-order valence-corrected chi connectivity index (χ0v) is 20.2. The number of rotatable bonds is 3. The second-order valence-corrected chi connectivity index (χ2v) is 11.5. The molecule has 3 saturated carbocycles. The van der Waals surface area contributed by atoms with Crippen molar-refractivity contribution in [3.05, 3.63) is 36.0 Å². The number of aliphatic hydroxyl groups is 1. The highest BCUT2D eigenvalue weighted by Crippen LogP contribution is 2.71. The maximum Gasteiger partial charge on any atom is 0.0588 e. The molecule has 0 aromatic carbocycles. The van der Waals surface area contributed by atoms with E-state index in [4.69, 9.17) is 5.10 Å². The first-order valence-electron chi connectivity index (χ1n) is 12.0. The summed E-state index contributed by atoms with van der Waals surface area (Å²) in [4.78, 5) is 0. The molecule has 4 aliphatic carbocycles. The highest BCUT2D eigenvalue weighted by atomic mass is 16.3. The molecule has 0 bridgehead atoms. The van der Waals surface area contributed by atoms with Crippen LogP contribution in [-0.2, 0) is 0 Å². The zero-order chi connectivity index (χ0) is 22.1. The number of allylic oxidation sites excluding steroid dienone is 5. The minimum absolute atomic E-state index is 0.0242. The lowest BCUT2D eigenvalue weighted by Gasteiger charge is -2.60. The van der Waals surface area contributed by atoms with E-state index in [9.17, 15) is 5.11 Å². The fourth-order valence-corrected chi connectivity index (χ4v) is 8.36. The van der Waals surface area contributed by atoms with Crippen molar-refractivity contribution in [3.63, 3.8) is 0 Å². The van der Waals surface area contributed by atoms with Crippen LogP contribution in [0.3, 0.4) is 0 Å². The van der Waals surface area contributed by atoms with Gasteiger partial charge in [0.1, 0.15) is 0 Å². The van der Waals surface area contributed by atoms with Gasteiger partial charge in [-0.05, 0) is 60.8 Å². The summed E-state index contributed by atoms with van der Waals surface area (Å²) in [6.45, 7) is 16.1. The molecule has 30 heavy (non-hydrogen) atoms. The molecule has 0 radical (unpaired) electrons. The summed E-state index contributed by atoms with van der Waals surface area (Å²) in [5.41, 5.74) is 3.97. The van der Waals surface area contributed by atoms with Gasteiger partial charge in [0.15, 0.2) is 0 Å². The van der Waals surface area contributed by atoms with Gasteiger partial charge in [-0.15, -0.1) is 0 Å². The lowest BCUT2D eigenvalue weighted by atomic mass is 9.44. The third-order valence-electron chi connectivity index (χ3n) is 10.0. The first-order chi connectivity index (χ1) is 14.0. The molecule has 3 nitrogen and oxygen atoms in total. The normalized spacial score (nSPS) is 48.0. The van der Waals surface area contributed by atoms with Crippen LogP contribution in [0.5, 0.6) is 0 Å². The van der Waals surface area contributed by atoms with Gasteiger partial charge in [0.25, 0.3) is 0 Å². The van der Waals surface area contributed by atoms with Crippen LogP contribution in [0.25, 0.3) is 0 Å². The minimum atomic E-state index is -0.275. The summed E-state index contributed by atoms with van der Waals surface area (Å²) in [6, 6.07) is 0. The monoisotopic (exact) mass is 410 g/mol. The Balaban J connectivity index is 1.78. The Morgan fingerprint density at radius 2 is 2.00 bits per heavy atom. The van der Waals surface area contributed by atoms with Gasteiger partial charge >= 0.3 is 0 Å². The molecular weight excluding hydrogens is 368 g/mol. The van der Waals surface area contributed by atoms with Gasteiger partial charge < -0.3 is 10.1 Å². The predicted molar refractivity (Wildman–Crippen MR) is 126 cm³/mol. The van der Waals surface area contributed by atoms with Crippen molar-refractivity contribution in [1.82, 2.24) is 5.01 Å². The molecule has 0 heterocycles. The van der Waals surface area contributed by atoms with Crippen LogP contribution in [-0.4, -0.2) is 36.0 Å². The van der Waals surface area contributed by atoms with Crippen LogP contribution in [0.4, 0.5) is 0 Å². The van der Waals surface area contributed by atoms with Gasteiger partial charge in [0.05, 0.1) is 6.10 Å². The van der Waals surface area contributed by atoms with Crippen molar-refractivity contribution in [1.29, 1.82) is 0 Å². The molecule has 0 aromatic rings. The van der Waals surface area contributed by atoms with E-state index in [2.05, 4.69) is 59.4 Å². The lowest BCUT2D eigenvalue weighted by Crippen LogP contribution is -2.58. The van der Waals surface area contributed by atoms with Crippen LogP contribution < -0.4 is 0 Å². The van der Waals surface area contributed by atoms with Crippen molar-refractivity contribution >= 4 is 5.71 Å². The van der Waals surface area contributed by atoms with Gasteiger partial charge in [0.2, 0.25) is 0 Å². The number of nitrogens with zero attached hydrogens (tertiary/aromatic N) is 2. The standard InChI is InChI=1S/C27H42N2O/c1-9-23(28-29(7)8)27(6)18(3)15-21-20-11-10-19-14-17(2)12-13-25(19,4)24(20)22(30)16-26(21,27)5/h12-14,18,20-22,24,30H,2,9-11,15-16H2,1,3-8H3/t18-,20+,21+,22+,24-,25+,26+,27-/m1/s1. The second-order valence-electron chi connectivity index (χ2n) is 11.5. The van der Waals surface area contributed by atoms with Crippen LogP contribution >= 0.6 is 0 Å². The van der Waals surface area contributed by atoms with Gasteiger partial charge in [-0.3, -0.25) is 0 Å². The second kappa shape index (κ2) is 7.08. The largest absolute Gasteiger partial charge is 0.393 e. The average Bonchev–Trinajstić information content (AvgIpc) is 2.87. The van der Waals surface area contributed by atoms with E-state index in [1.165, 1.54) is 24.1 Å². The Labute approximate surface area is 184 Å². The average molecular weight is 411 g/mol. The Bertz CT molecular complexity index is 823. The predicted octanol–water partition coefficient (Wildman–Crippen LogP) is 5.83. The molecule has 1 N–H and O–H groups in total. The molecule has 0 spiro atoms. The fourth-order valence-electron chi connectivity index (χ4n) is 8.36. The van der Waals surface area contributed by atoms with Gasteiger partial charge in [-0.1, -0.05) is 65.0 Å². The highest BCUT2D eigenvalue weighted by molar-refractivity contribution is 5.91. The van der Waals surface area contributed by atoms with Crippen LogP contribution in [0.15, 0.2) is 41.1 Å². The van der Waals surface area contributed by atoms with Crippen molar-refractivity contribution < 1.29 is 5.11 Å². The number of fused-ring (bicyclic) bond motifs is 5. The lowest BCUT2D eigenvalue weighted by molar-refractivity contribution is -0.122. The first-order valence-corrected chi connectivity index (χ1v) is 12.0. The summed E-state index contributed by atoms with van der Waals surface area (Å²) in [6.07, 6.45) is 12.0. The summed E-state index contributed by atoms with van der Waals surface area (Å²) < 4.78 is 0. The molecule has 0 saturated heterocycles. The quantitative estimate of drug-likeness (QED) is 0.469. The maximum absolute atomic E-state index is 11.7. The number of hydrogen-bond acceptors (Lipinski definition) is 3. The van der Waals surface area contributed by atoms with E-state index >= 15 is 0 Å². The van der Waals surface area contributed by atoms with Crippen LogP contribution in [0.1, 0.15) is 66.7 Å². The molecule has 0 amide bonds. The fraction of sp³-hybridized carbons (Fsp3) is 0.741. The highest BCUT2D eigenvalue weighted by Gasteiger charge is 2.67. The van der Waals surface area contributed by atoms with E-state index in [1.54, 1.807) is 0 Å². The number of hydrazone groups is 1. The number of aliphatic hydroxyl groups excluding tert-OH is 1. The molecule has 0 unspecified atom stereocenters. The summed E-state index contributed by atoms with van der Waals surface area (Å²) >= 11 is 0.